The van der Waals surface area contributed by atoms with Gasteiger partial charge >= 0.3 is 0 Å². The SMILES string of the molecule is N#Cc1ncccc1S(=O)(=O)NCc1cncs1. The summed E-state index contributed by atoms with van der Waals surface area (Å²) in [4.78, 5) is 8.25. The van der Waals surface area contributed by atoms with E-state index < -0.39 is 10.0 Å². The molecule has 2 aromatic rings. The largest absolute Gasteiger partial charge is 0.253 e. The normalized spacial score (nSPS) is 11.1. The highest BCUT2D eigenvalue weighted by Crippen LogP contribution is 2.13. The number of nitriles is 1. The van der Waals surface area contributed by atoms with Crippen LogP contribution in [0.2, 0.25) is 0 Å². The molecule has 0 bridgehead atoms. The predicted octanol–water partition coefficient (Wildman–Crippen LogP) is 0.888. The molecule has 0 saturated heterocycles. The van der Waals surface area contributed by atoms with E-state index in [0.29, 0.717) is 0 Å². The lowest BCUT2D eigenvalue weighted by molar-refractivity contribution is 0.581. The molecule has 0 atom stereocenters. The Kier molecular flexibility index (Phi) is 3.66. The highest BCUT2D eigenvalue weighted by atomic mass is 32.2. The molecule has 0 radical (unpaired) electrons. The summed E-state index contributed by atoms with van der Waals surface area (Å²) in [5, 5.41) is 8.82. The van der Waals surface area contributed by atoms with Crippen LogP contribution >= 0.6 is 11.3 Å². The Morgan fingerprint density at radius 1 is 1.50 bits per heavy atom. The van der Waals surface area contributed by atoms with Gasteiger partial charge < -0.3 is 0 Å². The summed E-state index contributed by atoms with van der Waals surface area (Å²) in [6.07, 6.45) is 2.96. The van der Waals surface area contributed by atoms with Gasteiger partial charge in [0.05, 0.1) is 5.51 Å². The zero-order valence-electron chi connectivity index (χ0n) is 9.07. The van der Waals surface area contributed by atoms with Gasteiger partial charge in [-0.15, -0.1) is 11.3 Å². The van der Waals surface area contributed by atoms with E-state index in [9.17, 15) is 8.42 Å². The molecular weight excluding hydrogens is 272 g/mol. The Morgan fingerprint density at radius 3 is 3.00 bits per heavy atom. The van der Waals surface area contributed by atoms with E-state index in [0.717, 1.165) is 4.88 Å². The van der Waals surface area contributed by atoms with E-state index in [1.165, 1.54) is 29.7 Å². The number of nitrogens with one attached hydrogen (secondary N) is 1. The predicted molar refractivity (Wildman–Crippen MR) is 65.1 cm³/mol. The highest BCUT2D eigenvalue weighted by Gasteiger charge is 2.18. The monoisotopic (exact) mass is 280 g/mol. The van der Waals surface area contributed by atoms with Crippen molar-refractivity contribution in [2.24, 2.45) is 0 Å². The van der Waals surface area contributed by atoms with Crippen LogP contribution in [-0.4, -0.2) is 18.4 Å². The average molecular weight is 280 g/mol. The van der Waals surface area contributed by atoms with Crippen molar-refractivity contribution in [2.45, 2.75) is 11.4 Å². The molecule has 1 N–H and O–H groups in total. The second-order valence-corrected chi connectivity index (χ2v) is 5.96. The number of thiazole rings is 1. The van der Waals surface area contributed by atoms with E-state index in [1.54, 1.807) is 17.8 Å². The number of hydrogen-bond acceptors (Lipinski definition) is 6. The van der Waals surface area contributed by atoms with Gasteiger partial charge in [-0.05, 0) is 12.1 Å². The van der Waals surface area contributed by atoms with Crippen LogP contribution in [0.1, 0.15) is 10.6 Å². The van der Waals surface area contributed by atoms with Crippen molar-refractivity contribution in [3.63, 3.8) is 0 Å². The van der Waals surface area contributed by atoms with Crippen LogP contribution in [0.4, 0.5) is 0 Å². The highest BCUT2D eigenvalue weighted by molar-refractivity contribution is 7.89. The van der Waals surface area contributed by atoms with Gasteiger partial charge in [-0.1, -0.05) is 0 Å². The molecule has 0 aliphatic heterocycles. The van der Waals surface area contributed by atoms with Gasteiger partial charge in [0.15, 0.2) is 5.69 Å². The van der Waals surface area contributed by atoms with Crippen molar-refractivity contribution < 1.29 is 8.42 Å². The summed E-state index contributed by atoms with van der Waals surface area (Å²) in [5.41, 5.74) is 1.50. The molecule has 2 aromatic heterocycles. The third-order valence-corrected chi connectivity index (χ3v) is 4.30. The number of hydrogen-bond donors (Lipinski definition) is 1. The summed E-state index contributed by atoms with van der Waals surface area (Å²) < 4.78 is 26.4. The van der Waals surface area contributed by atoms with Gasteiger partial charge in [0.25, 0.3) is 0 Å². The van der Waals surface area contributed by atoms with Crippen molar-refractivity contribution >= 4 is 21.4 Å². The minimum absolute atomic E-state index is 0.114. The molecule has 6 nitrogen and oxygen atoms in total. The fraction of sp³-hybridized carbons (Fsp3) is 0.100. The quantitative estimate of drug-likeness (QED) is 0.897. The first-order chi connectivity index (χ1) is 8.63. The minimum Gasteiger partial charge on any atom is -0.253 e. The number of aromatic nitrogens is 2. The molecule has 92 valence electrons. The lowest BCUT2D eigenvalue weighted by Crippen LogP contribution is -2.24. The zero-order valence-corrected chi connectivity index (χ0v) is 10.7. The number of pyridine rings is 1. The minimum atomic E-state index is -3.74. The Bertz CT molecular complexity index is 674. The van der Waals surface area contributed by atoms with Crippen LogP contribution in [0, 0.1) is 11.3 Å². The molecule has 0 aromatic carbocycles. The second-order valence-electron chi connectivity index (χ2n) is 3.25. The van der Waals surface area contributed by atoms with Crippen LogP contribution in [0.3, 0.4) is 0 Å². The number of sulfonamides is 1. The average Bonchev–Trinajstić information content (AvgIpc) is 2.89. The third-order valence-electron chi connectivity index (χ3n) is 2.09. The van der Waals surface area contributed by atoms with Gasteiger partial charge in [-0.25, -0.2) is 18.1 Å². The Hall–Kier alpha value is -1.82. The molecule has 0 amide bonds. The van der Waals surface area contributed by atoms with Crippen molar-refractivity contribution in [3.8, 4) is 6.07 Å². The first-order valence-corrected chi connectivity index (χ1v) is 7.22. The maximum atomic E-state index is 12.0. The fourth-order valence-electron chi connectivity index (χ4n) is 1.26. The van der Waals surface area contributed by atoms with Crippen molar-refractivity contribution in [2.75, 3.05) is 0 Å². The molecule has 8 heteroatoms. The maximum absolute atomic E-state index is 12.0. The van der Waals surface area contributed by atoms with Crippen molar-refractivity contribution in [1.29, 1.82) is 5.26 Å². The van der Waals surface area contributed by atoms with Gasteiger partial charge in [0.1, 0.15) is 11.0 Å². The van der Waals surface area contributed by atoms with Crippen LogP contribution in [-0.2, 0) is 16.6 Å². The van der Waals surface area contributed by atoms with E-state index in [-0.39, 0.29) is 17.1 Å². The lowest BCUT2D eigenvalue weighted by atomic mass is 10.4. The van der Waals surface area contributed by atoms with Crippen LogP contribution < -0.4 is 4.72 Å². The van der Waals surface area contributed by atoms with Crippen LogP contribution in [0.15, 0.2) is 34.9 Å². The second kappa shape index (κ2) is 5.22. The van der Waals surface area contributed by atoms with Crippen LogP contribution in [0.5, 0.6) is 0 Å². The Morgan fingerprint density at radius 2 is 2.33 bits per heavy atom. The zero-order chi connectivity index (χ0) is 13.0. The first kappa shape index (κ1) is 12.6. The standard InChI is InChI=1S/C10H8N4O2S2/c11-4-9-10(2-1-3-13-9)18(15,16)14-6-8-5-12-7-17-8/h1-3,5,7,14H,6H2. The number of nitrogens with zero attached hydrogens (tertiary/aromatic N) is 3. The van der Waals surface area contributed by atoms with Crippen LogP contribution in [0.25, 0.3) is 0 Å². The molecular formula is C10H8N4O2S2. The van der Waals surface area contributed by atoms with Gasteiger partial charge in [-0.3, -0.25) is 4.98 Å². The van der Waals surface area contributed by atoms with E-state index in [2.05, 4.69) is 14.7 Å². The van der Waals surface area contributed by atoms with E-state index >= 15 is 0 Å². The van der Waals surface area contributed by atoms with E-state index in [4.69, 9.17) is 5.26 Å². The topological polar surface area (TPSA) is 95.7 Å². The molecule has 0 spiro atoms. The summed E-state index contributed by atoms with van der Waals surface area (Å²) in [6, 6.07) is 4.58. The molecule has 18 heavy (non-hydrogen) atoms. The first-order valence-electron chi connectivity index (χ1n) is 4.85. The van der Waals surface area contributed by atoms with Gasteiger partial charge in [0, 0.05) is 23.8 Å². The molecule has 0 aliphatic carbocycles. The smallest absolute Gasteiger partial charge is 0.243 e. The molecule has 0 unspecified atom stereocenters. The third kappa shape index (κ3) is 2.70. The molecule has 0 aliphatic rings. The van der Waals surface area contributed by atoms with Gasteiger partial charge in [-0.2, -0.15) is 5.26 Å². The van der Waals surface area contributed by atoms with Gasteiger partial charge in [0.2, 0.25) is 10.0 Å². The summed E-state index contributed by atoms with van der Waals surface area (Å²) in [7, 11) is -3.74. The fourth-order valence-corrected chi connectivity index (χ4v) is 3.00. The lowest BCUT2D eigenvalue weighted by Gasteiger charge is -2.05. The summed E-state index contributed by atoms with van der Waals surface area (Å²) in [6.45, 7) is 0.146. The Balaban J connectivity index is 2.23. The van der Waals surface area contributed by atoms with Crippen molar-refractivity contribution in [3.05, 3.63) is 40.6 Å². The molecule has 0 saturated carbocycles. The Labute approximate surface area is 108 Å². The number of rotatable bonds is 4. The maximum Gasteiger partial charge on any atom is 0.243 e. The molecule has 2 rings (SSSR count). The van der Waals surface area contributed by atoms with Crippen molar-refractivity contribution in [1.82, 2.24) is 14.7 Å². The molecule has 0 fully saturated rings. The van der Waals surface area contributed by atoms with E-state index in [1.807, 2.05) is 0 Å². The summed E-state index contributed by atoms with van der Waals surface area (Å²) >= 11 is 1.35. The summed E-state index contributed by atoms with van der Waals surface area (Å²) in [5.74, 6) is 0. The molecule has 2 heterocycles.